The Kier molecular flexibility index (Phi) is 3.95. The summed E-state index contributed by atoms with van der Waals surface area (Å²) >= 11 is 0. The fourth-order valence-electron chi connectivity index (χ4n) is 4.13. The molecule has 4 rings (SSSR count). The molecule has 3 atom stereocenters. The molecule has 0 spiro atoms. The maximum Gasteiger partial charge on any atom is 0.339 e. The van der Waals surface area contributed by atoms with E-state index in [-0.39, 0.29) is 28.5 Å². The van der Waals surface area contributed by atoms with Gasteiger partial charge in [0.25, 0.3) is 5.69 Å². The van der Waals surface area contributed by atoms with Crippen molar-refractivity contribution in [2.24, 2.45) is 5.92 Å². The molecule has 0 saturated carbocycles. The van der Waals surface area contributed by atoms with Crippen molar-refractivity contribution in [3.8, 4) is 0 Å². The van der Waals surface area contributed by atoms with Gasteiger partial charge in [-0.15, -0.1) is 0 Å². The second kappa shape index (κ2) is 6.29. The van der Waals surface area contributed by atoms with E-state index in [0.717, 1.165) is 12.0 Å². The van der Waals surface area contributed by atoms with Crippen LogP contribution in [0.25, 0.3) is 0 Å². The zero-order valence-electron chi connectivity index (χ0n) is 14.2. The van der Waals surface area contributed by atoms with Crippen LogP contribution >= 0.6 is 0 Å². The summed E-state index contributed by atoms with van der Waals surface area (Å²) < 4.78 is 4.91. The van der Waals surface area contributed by atoms with Crippen LogP contribution < -0.4 is 5.32 Å². The van der Waals surface area contributed by atoms with E-state index in [2.05, 4.69) is 17.5 Å². The van der Waals surface area contributed by atoms with Crippen molar-refractivity contribution in [1.29, 1.82) is 0 Å². The van der Waals surface area contributed by atoms with Crippen molar-refractivity contribution in [3.05, 3.63) is 81.4 Å². The number of nitro benzene ring substituents is 1. The normalized spacial score (nSPS) is 22.9. The van der Waals surface area contributed by atoms with Crippen LogP contribution in [0.2, 0.25) is 0 Å². The Bertz CT molecular complexity index is 922. The van der Waals surface area contributed by atoms with Gasteiger partial charge in [-0.05, 0) is 24.0 Å². The molecule has 0 radical (unpaired) electrons. The Balaban J connectivity index is 1.87. The van der Waals surface area contributed by atoms with Gasteiger partial charge < -0.3 is 10.1 Å². The molecular weight excluding hydrogens is 332 g/mol. The van der Waals surface area contributed by atoms with Crippen LogP contribution in [-0.4, -0.2) is 18.0 Å². The molecule has 1 aliphatic heterocycles. The molecule has 0 amide bonds. The third kappa shape index (κ3) is 2.45. The number of methoxy groups -OCH3 is 1. The molecule has 2 aromatic rings. The number of benzene rings is 2. The predicted octanol–water partition coefficient (Wildman–Crippen LogP) is 4.21. The number of anilines is 1. The Hall–Kier alpha value is -3.15. The standard InChI is InChI=1S/C20H18N2O4/c1-26-20(23)16-10-5-9-14-12-7-4-8-13(12)18(21-19(14)16)15-6-2-3-11-17(15)22(24)25/h2-7,9-13,18,21H,8H2,1H3/t12-,13+,18+/m1/s1. The molecule has 6 heteroatoms. The molecule has 0 saturated heterocycles. The number of hydrogen-bond acceptors (Lipinski definition) is 5. The van der Waals surface area contributed by atoms with Gasteiger partial charge in [-0.1, -0.05) is 42.5 Å². The van der Waals surface area contributed by atoms with Gasteiger partial charge in [0.1, 0.15) is 0 Å². The number of ether oxygens (including phenoxy) is 1. The Morgan fingerprint density at radius 1 is 1.19 bits per heavy atom. The average molecular weight is 350 g/mol. The highest BCUT2D eigenvalue weighted by atomic mass is 16.6. The van der Waals surface area contributed by atoms with Gasteiger partial charge in [0.2, 0.25) is 0 Å². The van der Waals surface area contributed by atoms with E-state index in [1.807, 2.05) is 18.2 Å². The Morgan fingerprint density at radius 3 is 2.73 bits per heavy atom. The highest BCUT2D eigenvalue weighted by Gasteiger charge is 2.41. The summed E-state index contributed by atoms with van der Waals surface area (Å²) in [6, 6.07) is 12.1. The van der Waals surface area contributed by atoms with Crippen LogP contribution in [0.4, 0.5) is 11.4 Å². The van der Waals surface area contributed by atoms with E-state index < -0.39 is 5.97 Å². The van der Waals surface area contributed by atoms with Gasteiger partial charge in [0, 0.05) is 12.0 Å². The molecule has 2 aliphatic rings. The quantitative estimate of drug-likeness (QED) is 0.388. The highest BCUT2D eigenvalue weighted by Crippen LogP contribution is 2.51. The number of nitrogens with one attached hydrogen (secondary N) is 1. The van der Waals surface area contributed by atoms with Gasteiger partial charge in [-0.2, -0.15) is 0 Å². The van der Waals surface area contributed by atoms with E-state index in [1.165, 1.54) is 13.2 Å². The topological polar surface area (TPSA) is 81.5 Å². The fourth-order valence-corrected chi connectivity index (χ4v) is 4.13. The summed E-state index contributed by atoms with van der Waals surface area (Å²) in [6.45, 7) is 0. The summed E-state index contributed by atoms with van der Waals surface area (Å²) in [5.74, 6) is -0.145. The lowest BCUT2D eigenvalue weighted by atomic mass is 9.76. The molecule has 26 heavy (non-hydrogen) atoms. The summed E-state index contributed by atoms with van der Waals surface area (Å²) in [5, 5.41) is 14.9. The van der Waals surface area contributed by atoms with Crippen LogP contribution in [0.5, 0.6) is 0 Å². The van der Waals surface area contributed by atoms with E-state index in [1.54, 1.807) is 18.2 Å². The molecule has 2 aromatic carbocycles. The van der Waals surface area contributed by atoms with Crippen molar-refractivity contribution in [2.75, 3.05) is 12.4 Å². The van der Waals surface area contributed by atoms with Gasteiger partial charge in [0.05, 0.1) is 34.9 Å². The number of para-hydroxylation sites is 2. The van der Waals surface area contributed by atoms with Gasteiger partial charge in [-0.25, -0.2) is 4.79 Å². The van der Waals surface area contributed by atoms with Crippen LogP contribution in [0.1, 0.15) is 39.9 Å². The minimum absolute atomic E-state index is 0.0923. The third-order valence-corrected chi connectivity index (χ3v) is 5.27. The highest BCUT2D eigenvalue weighted by molar-refractivity contribution is 5.97. The smallest absolute Gasteiger partial charge is 0.339 e. The second-order valence-corrected chi connectivity index (χ2v) is 6.55. The zero-order valence-corrected chi connectivity index (χ0v) is 14.2. The number of hydrogen-bond donors (Lipinski definition) is 1. The zero-order chi connectivity index (χ0) is 18.3. The molecule has 1 heterocycles. The van der Waals surface area contributed by atoms with Gasteiger partial charge in [-0.3, -0.25) is 10.1 Å². The lowest BCUT2D eigenvalue weighted by Gasteiger charge is -2.37. The van der Waals surface area contributed by atoms with E-state index in [0.29, 0.717) is 16.8 Å². The Morgan fingerprint density at radius 2 is 1.96 bits per heavy atom. The number of fused-ring (bicyclic) bond motifs is 3. The van der Waals surface area contributed by atoms with Crippen molar-refractivity contribution in [3.63, 3.8) is 0 Å². The van der Waals surface area contributed by atoms with Gasteiger partial charge >= 0.3 is 5.97 Å². The lowest BCUT2D eigenvalue weighted by molar-refractivity contribution is -0.385. The summed E-state index contributed by atoms with van der Waals surface area (Å²) in [4.78, 5) is 23.4. The minimum Gasteiger partial charge on any atom is -0.465 e. The van der Waals surface area contributed by atoms with Crippen LogP contribution in [-0.2, 0) is 4.74 Å². The number of nitro groups is 1. The summed E-state index contributed by atoms with van der Waals surface area (Å²) in [6.07, 6.45) is 5.07. The first kappa shape index (κ1) is 16.3. The van der Waals surface area contributed by atoms with Crippen LogP contribution in [0, 0.1) is 16.0 Å². The second-order valence-electron chi connectivity index (χ2n) is 6.55. The predicted molar refractivity (Wildman–Crippen MR) is 97.2 cm³/mol. The largest absolute Gasteiger partial charge is 0.465 e. The van der Waals surface area contributed by atoms with Crippen LogP contribution in [0.3, 0.4) is 0 Å². The Labute approximate surface area is 150 Å². The number of esters is 1. The molecule has 0 aromatic heterocycles. The van der Waals surface area contributed by atoms with Gasteiger partial charge in [0.15, 0.2) is 0 Å². The summed E-state index contributed by atoms with van der Waals surface area (Å²) in [7, 11) is 1.35. The molecule has 0 fully saturated rings. The maximum atomic E-state index is 12.2. The third-order valence-electron chi connectivity index (χ3n) is 5.27. The molecular formula is C20H18N2O4. The molecule has 1 N–H and O–H groups in total. The van der Waals surface area contributed by atoms with E-state index >= 15 is 0 Å². The molecule has 6 nitrogen and oxygen atoms in total. The average Bonchev–Trinajstić information content (AvgIpc) is 3.16. The lowest BCUT2D eigenvalue weighted by Crippen LogP contribution is -2.30. The first-order chi connectivity index (χ1) is 12.6. The number of carbonyl (C=O) groups is 1. The fraction of sp³-hybridized carbons (Fsp3) is 0.250. The van der Waals surface area contributed by atoms with Crippen molar-refractivity contribution < 1.29 is 14.5 Å². The first-order valence-corrected chi connectivity index (χ1v) is 8.49. The molecule has 1 aliphatic carbocycles. The SMILES string of the molecule is COC(=O)c1cccc2c1N[C@H](c1ccccc1[N+](=O)[O-])[C@H]1CC=C[C@@H]21. The monoisotopic (exact) mass is 350 g/mol. The minimum atomic E-state index is -0.420. The van der Waals surface area contributed by atoms with Crippen molar-refractivity contribution in [1.82, 2.24) is 0 Å². The number of allylic oxidation sites excluding steroid dienone is 2. The number of carbonyl (C=O) groups excluding carboxylic acids is 1. The maximum absolute atomic E-state index is 12.2. The molecule has 132 valence electrons. The molecule has 0 unspecified atom stereocenters. The number of nitrogens with zero attached hydrogens (tertiary/aromatic N) is 1. The number of rotatable bonds is 3. The first-order valence-electron chi connectivity index (χ1n) is 8.49. The van der Waals surface area contributed by atoms with Crippen LogP contribution in [0.15, 0.2) is 54.6 Å². The van der Waals surface area contributed by atoms with E-state index in [4.69, 9.17) is 4.74 Å². The summed E-state index contributed by atoms with van der Waals surface area (Å²) in [5.41, 5.74) is 2.92. The van der Waals surface area contributed by atoms with Crippen molar-refractivity contribution >= 4 is 17.3 Å². The van der Waals surface area contributed by atoms with Crippen molar-refractivity contribution in [2.45, 2.75) is 18.4 Å². The molecule has 0 bridgehead atoms. The van der Waals surface area contributed by atoms with E-state index in [9.17, 15) is 14.9 Å².